The van der Waals surface area contributed by atoms with Gasteiger partial charge in [0.05, 0.1) is 23.4 Å². The first-order valence-corrected chi connectivity index (χ1v) is 4.57. The van der Waals surface area contributed by atoms with Crippen molar-refractivity contribution in [2.75, 3.05) is 13.7 Å². The summed E-state index contributed by atoms with van der Waals surface area (Å²) in [6.07, 6.45) is 4.06. The first-order valence-electron chi connectivity index (χ1n) is 4.13. The van der Waals surface area contributed by atoms with E-state index >= 15 is 0 Å². The summed E-state index contributed by atoms with van der Waals surface area (Å²) in [6.45, 7) is 2.47. The molecule has 0 fully saturated rings. The van der Waals surface area contributed by atoms with Crippen LogP contribution in [0.2, 0.25) is 0 Å². The lowest BCUT2D eigenvalue weighted by atomic mass is 10.2. The van der Waals surface area contributed by atoms with Crippen molar-refractivity contribution in [1.29, 1.82) is 0 Å². The quantitative estimate of drug-likeness (QED) is 0.693. The van der Waals surface area contributed by atoms with Gasteiger partial charge in [0.2, 0.25) is 0 Å². The molecule has 0 saturated heterocycles. The van der Waals surface area contributed by atoms with Crippen molar-refractivity contribution in [3.8, 4) is 0 Å². The highest BCUT2D eigenvalue weighted by Gasteiger charge is 2.08. The highest BCUT2D eigenvalue weighted by atomic mass is 35.5. The number of hydrogen-bond donors (Lipinski definition) is 0. The number of methoxy groups -OCH3 is 1. The number of nitrogens with zero attached hydrogens (tertiary/aromatic N) is 2. The molecule has 3 nitrogen and oxygen atoms in total. The summed E-state index contributed by atoms with van der Waals surface area (Å²) in [5.41, 5.74) is 1.88. The van der Waals surface area contributed by atoms with E-state index in [9.17, 15) is 0 Å². The Hall–Kier alpha value is -0.670. The summed E-state index contributed by atoms with van der Waals surface area (Å²) >= 11 is 5.99. The van der Waals surface area contributed by atoms with Gasteiger partial charge in [0.15, 0.2) is 0 Å². The van der Waals surface area contributed by atoms with Gasteiger partial charge in [0, 0.05) is 25.9 Å². The van der Waals surface area contributed by atoms with Gasteiger partial charge in [-0.15, -0.1) is 11.6 Å². The predicted octanol–water partition coefficient (Wildman–Crippen LogP) is 1.58. The minimum absolute atomic E-state index is 0.0274. The van der Waals surface area contributed by atoms with Gasteiger partial charge in [-0.3, -0.25) is 9.97 Å². The third kappa shape index (κ3) is 3.28. The molecule has 0 N–H and O–H groups in total. The molecule has 0 spiro atoms. The molecular formula is C9H13ClN2O. The number of hydrogen-bond acceptors (Lipinski definition) is 3. The van der Waals surface area contributed by atoms with Gasteiger partial charge in [-0.05, 0) is 6.92 Å². The molecule has 1 heterocycles. The van der Waals surface area contributed by atoms with Crippen LogP contribution in [-0.4, -0.2) is 29.1 Å². The Morgan fingerprint density at radius 1 is 1.46 bits per heavy atom. The second kappa shape index (κ2) is 5.14. The molecule has 13 heavy (non-hydrogen) atoms. The lowest BCUT2D eigenvalue weighted by Crippen LogP contribution is -2.12. The zero-order valence-corrected chi connectivity index (χ0v) is 8.58. The summed E-state index contributed by atoms with van der Waals surface area (Å²) in [5, 5.41) is -0.0274. The first kappa shape index (κ1) is 10.4. The van der Waals surface area contributed by atoms with Crippen LogP contribution < -0.4 is 0 Å². The molecule has 1 unspecified atom stereocenters. The monoisotopic (exact) mass is 200 g/mol. The standard InChI is InChI=1S/C9H13ClN2O/c1-7-9(12-4-3-11-7)5-8(10)6-13-2/h3-4,8H,5-6H2,1-2H3. The maximum atomic E-state index is 5.99. The van der Waals surface area contributed by atoms with Gasteiger partial charge in [-0.2, -0.15) is 0 Å². The van der Waals surface area contributed by atoms with Gasteiger partial charge in [-0.25, -0.2) is 0 Å². The van der Waals surface area contributed by atoms with E-state index < -0.39 is 0 Å². The van der Waals surface area contributed by atoms with Crippen LogP contribution in [0.3, 0.4) is 0 Å². The van der Waals surface area contributed by atoms with Crippen molar-refractivity contribution < 1.29 is 4.74 Å². The van der Waals surface area contributed by atoms with Crippen LogP contribution in [0, 0.1) is 6.92 Å². The van der Waals surface area contributed by atoms with Gasteiger partial charge in [0.1, 0.15) is 0 Å². The van der Waals surface area contributed by atoms with Crippen LogP contribution in [-0.2, 0) is 11.2 Å². The molecule has 1 aromatic rings. The van der Waals surface area contributed by atoms with Crippen LogP contribution in [0.25, 0.3) is 0 Å². The highest BCUT2D eigenvalue weighted by molar-refractivity contribution is 6.20. The summed E-state index contributed by atoms with van der Waals surface area (Å²) in [6, 6.07) is 0. The van der Waals surface area contributed by atoms with Gasteiger partial charge in [0.25, 0.3) is 0 Å². The molecule has 0 aliphatic heterocycles. The Kier molecular flexibility index (Phi) is 4.12. The molecule has 0 amide bonds. The fraction of sp³-hybridized carbons (Fsp3) is 0.556. The van der Waals surface area contributed by atoms with Crippen LogP contribution in [0.4, 0.5) is 0 Å². The third-order valence-corrected chi connectivity index (χ3v) is 2.03. The number of aromatic nitrogens is 2. The van der Waals surface area contributed by atoms with E-state index in [2.05, 4.69) is 9.97 Å². The van der Waals surface area contributed by atoms with Crippen molar-refractivity contribution in [1.82, 2.24) is 9.97 Å². The van der Waals surface area contributed by atoms with Gasteiger partial charge in [-0.1, -0.05) is 0 Å². The van der Waals surface area contributed by atoms with E-state index in [1.54, 1.807) is 19.5 Å². The smallest absolute Gasteiger partial charge is 0.0631 e. The number of ether oxygens (including phenoxy) is 1. The topological polar surface area (TPSA) is 35.0 Å². The fourth-order valence-electron chi connectivity index (χ4n) is 1.09. The molecule has 1 atom stereocenters. The van der Waals surface area contributed by atoms with Crippen molar-refractivity contribution >= 4 is 11.6 Å². The predicted molar refractivity (Wildman–Crippen MR) is 52.0 cm³/mol. The van der Waals surface area contributed by atoms with E-state index in [-0.39, 0.29) is 5.38 Å². The van der Waals surface area contributed by atoms with E-state index in [0.29, 0.717) is 13.0 Å². The van der Waals surface area contributed by atoms with Gasteiger partial charge >= 0.3 is 0 Å². The highest BCUT2D eigenvalue weighted by Crippen LogP contribution is 2.08. The average molecular weight is 201 g/mol. The molecular weight excluding hydrogens is 188 g/mol. The number of rotatable bonds is 4. The molecule has 0 bridgehead atoms. The molecule has 0 aromatic carbocycles. The zero-order chi connectivity index (χ0) is 9.68. The fourth-order valence-corrected chi connectivity index (χ4v) is 1.36. The number of alkyl halides is 1. The normalized spacial score (nSPS) is 12.8. The third-order valence-electron chi connectivity index (χ3n) is 1.75. The summed E-state index contributed by atoms with van der Waals surface area (Å²) in [4.78, 5) is 8.33. The lowest BCUT2D eigenvalue weighted by molar-refractivity contribution is 0.197. The van der Waals surface area contributed by atoms with Crippen molar-refractivity contribution in [3.05, 3.63) is 23.8 Å². The molecule has 0 saturated carbocycles. The molecule has 1 rings (SSSR count). The summed E-state index contributed by atoms with van der Waals surface area (Å²) in [7, 11) is 1.64. The molecule has 0 radical (unpaired) electrons. The second-order valence-corrected chi connectivity index (χ2v) is 3.46. The van der Waals surface area contributed by atoms with Crippen LogP contribution in [0.15, 0.2) is 12.4 Å². The van der Waals surface area contributed by atoms with E-state index in [1.165, 1.54) is 0 Å². The summed E-state index contributed by atoms with van der Waals surface area (Å²) < 4.78 is 4.94. The molecule has 72 valence electrons. The number of halogens is 1. The lowest BCUT2D eigenvalue weighted by Gasteiger charge is -2.08. The first-order chi connectivity index (χ1) is 6.24. The van der Waals surface area contributed by atoms with Crippen molar-refractivity contribution in [2.45, 2.75) is 18.7 Å². The molecule has 1 aromatic heterocycles. The maximum Gasteiger partial charge on any atom is 0.0631 e. The van der Waals surface area contributed by atoms with Crippen molar-refractivity contribution in [2.24, 2.45) is 0 Å². The molecule has 0 aliphatic rings. The largest absolute Gasteiger partial charge is 0.383 e. The zero-order valence-electron chi connectivity index (χ0n) is 7.83. The van der Waals surface area contributed by atoms with Crippen LogP contribution in [0.5, 0.6) is 0 Å². The minimum Gasteiger partial charge on any atom is -0.383 e. The minimum atomic E-state index is -0.0274. The van der Waals surface area contributed by atoms with Gasteiger partial charge < -0.3 is 4.74 Å². The Morgan fingerprint density at radius 2 is 2.15 bits per heavy atom. The van der Waals surface area contributed by atoms with E-state index in [0.717, 1.165) is 11.4 Å². The molecule has 0 aliphatic carbocycles. The van der Waals surface area contributed by atoms with Crippen LogP contribution in [0.1, 0.15) is 11.4 Å². The Bertz CT molecular complexity index is 268. The Labute approximate surface area is 83.1 Å². The SMILES string of the molecule is COCC(Cl)Cc1nccnc1C. The molecule has 4 heteroatoms. The Morgan fingerprint density at radius 3 is 2.77 bits per heavy atom. The Balaban J connectivity index is 2.58. The maximum absolute atomic E-state index is 5.99. The van der Waals surface area contributed by atoms with Crippen molar-refractivity contribution in [3.63, 3.8) is 0 Å². The summed E-state index contributed by atoms with van der Waals surface area (Å²) in [5.74, 6) is 0. The average Bonchev–Trinajstić information content (AvgIpc) is 2.09. The van der Waals surface area contributed by atoms with E-state index in [4.69, 9.17) is 16.3 Å². The number of aryl methyl sites for hydroxylation is 1. The second-order valence-electron chi connectivity index (χ2n) is 2.85. The van der Waals surface area contributed by atoms with E-state index in [1.807, 2.05) is 6.92 Å². The van der Waals surface area contributed by atoms with Crippen LogP contribution >= 0.6 is 11.6 Å².